The lowest BCUT2D eigenvalue weighted by Crippen LogP contribution is -2.00. The van der Waals surface area contributed by atoms with E-state index in [4.69, 9.17) is 4.42 Å². The Labute approximate surface area is 118 Å². The van der Waals surface area contributed by atoms with Gasteiger partial charge in [-0.1, -0.05) is 12.1 Å². The highest BCUT2D eigenvalue weighted by Crippen LogP contribution is 2.18. The highest BCUT2D eigenvalue weighted by atomic mass is 16.6. The van der Waals surface area contributed by atoms with Crippen molar-refractivity contribution in [3.8, 4) is 0 Å². The van der Waals surface area contributed by atoms with Crippen LogP contribution in [0.5, 0.6) is 0 Å². The molecule has 0 radical (unpaired) electrons. The van der Waals surface area contributed by atoms with E-state index in [1.165, 1.54) is 18.2 Å². The zero-order valence-electron chi connectivity index (χ0n) is 10.7. The number of nitro benzene ring substituents is 1. The molecule has 1 aromatic heterocycles. The number of rotatable bonds is 6. The zero-order chi connectivity index (χ0) is 15.4. The van der Waals surface area contributed by atoms with Crippen molar-refractivity contribution in [2.24, 2.45) is 0 Å². The van der Waals surface area contributed by atoms with Gasteiger partial charge < -0.3 is 4.42 Å². The summed E-state index contributed by atoms with van der Waals surface area (Å²) in [5, 5.41) is 21.0. The van der Waals surface area contributed by atoms with Crippen LogP contribution in [0.25, 0.3) is 0 Å². The number of carbonyl (C=O) groups is 1. The van der Waals surface area contributed by atoms with Gasteiger partial charge in [-0.25, -0.2) is 0 Å². The molecule has 108 valence electrons. The second-order valence-electron chi connectivity index (χ2n) is 4.24. The Hall–Kier alpha value is -3.03. The van der Waals surface area contributed by atoms with Gasteiger partial charge in [-0.05, 0) is 18.1 Å². The predicted octanol–water partition coefficient (Wildman–Crippen LogP) is 2.91. The Morgan fingerprint density at radius 3 is 2.19 bits per heavy atom. The summed E-state index contributed by atoms with van der Waals surface area (Å²) >= 11 is 0. The van der Waals surface area contributed by atoms with Gasteiger partial charge in [0.2, 0.25) is 0 Å². The maximum atomic E-state index is 11.8. The molecule has 0 N–H and O–H groups in total. The fourth-order valence-electron chi connectivity index (χ4n) is 1.74. The van der Waals surface area contributed by atoms with E-state index in [1.807, 2.05) is 0 Å². The van der Waals surface area contributed by atoms with Crippen molar-refractivity contribution < 1.29 is 19.1 Å². The number of aryl methyl sites for hydroxylation is 1. The Morgan fingerprint density at radius 1 is 1.00 bits per heavy atom. The molecular weight excluding hydrogens is 280 g/mol. The lowest BCUT2D eigenvalue weighted by molar-refractivity contribution is -0.402. The number of non-ortho nitro benzene ring substituents is 1. The molecule has 0 atom stereocenters. The van der Waals surface area contributed by atoms with Gasteiger partial charge in [0.05, 0.1) is 11.0 Å². The molecule has 0 aliphatic heterocycles. The van der Waals surface area contributed by atoms with Gasteiger partial charge in [-0.2, -0.15) is 0 Å². The third kappa shape index (κ3) is 3.50. The van der Waals surface area contributed by atoms with Crippen molar-refractivity contribution >= 4 is 17.4 Å². The smallest absolute Gasteiger partial charge is 0.397 e. The highest BCUT2D eigenvalue weighted by molar-refractivity contribution is 5.93. The summed E-state index contributed by atoms with van der Waals surface area (Å²) in [5.41, 5.74) is 0.738. The Balaban J connectivity index is 1.97. The van der Waals surface area contributed by atoms with Gasteiger partial charge in [0.25, 0.3) is 5.69 Å². The maximum absolute atomic E-state index is 11.8. The number of furan rings is 1. The van der Waals surface area contributed by atoms with Crippen LogP contribution in [0.2, 0.25) is 0 Å². The number of benzene rings is 1. The molecule has 2 aromatic rings. The number of Topliss-reactive ketones (excluding diaryl/α,β-unsaturated/α-hetero) is 1. The SMILES string of the molecule is O=C(CCc1ccc([N+](=O)[O-])cc1)c1ccc([N+](=O)[O-])o1. The van der Waals surface area contributed by atoms with Crippen LogP contribution in [0.1, 0.15) is 22.5 Å². The van der Waals surface area contributed by atoms with Gasteiger partial charge in [-0.15, -0.1) is 0 Å². The van der Waals surface area contributed by atoms with Crippen molar-refractivity contribution in [3.63, 3.8) is 0 Å². The van der Waals surface area contributed by atoms with Crippen molar-refractivity contribution in [2.45, 2.75) is 12.8 Å². The normalized spacial score (nSPS) is 10.3. The van der Waals surface area contributed by atoms with Crippen LogP contribution in [0, 0.1) is 20.2 Å². The van der Waals surface area contributed by atoms with E-state index >= 15 is 0 Å². The average molecular weight is 290 g/mol. The summed E-state index contributed by atoms with van der Waals surface area (Å²) in [6.45, 7) is 0. The maximum Gasteiger partial charge on any atom is 0.433 e. The molecule has 0 saturated heterocycles. The average Bonchev–Trinajstić information content (AvgIpc) is 2.95. The van der Waals surface area contributed by atoms with E-state index in [1.54, 1.807) is 12.1 Å². The standard InChI is InChI=1S/C13H10N2O6/c16-11(12-7-8-13(21-12)15(19)20)6-3-9-1-4-10(5-2-9)14(17)18/h1-2,4-5,7-8H,3,6H2. The van der Waals surface area contributed by atoms with Crippen molar-refractivity contribution in [1.29, 1.82) is 0 Å². The first-order chi connectivity index (χ1) is 9.97. The summed E-state index contributed by atoms with van der Waals surface area (Å²) in [5.74, 6) is -0.904. The van der Waals surface area contributed by atoms with Crippen LogP contribution >= 0.6 is 0 Å². The van der Waals surface area contributed by atoms with E-state index in [2.05, 4.69) is 0 Å². The van der Waals surface area contributed by atoms with E-state index in [0.717, 1.165) is 11.6 Å². The minimum Gasteiger partial charge on any atom is -0.397 e. The molecular formula is C13H10N2O6. The largest absolute Gasteiger partial charge is 0.433 e. The monoisotopic (exact) mass is 290 g/mol. The van der Waals surface area contributed by atoms with Crippen LogP contribution in [0.3, 0.4) is 0 Å². The second kappa shape index (κ2) is 5.95. The molecule has 8 heteroatoms. The van der Waals surface area contributed by atoms with Crippen LogP contribution in [0.4, 0.5) is 11.6 Å². The van der Waals surface area contributed by atoms with Crippen LogP contribution in [-0.4, -0.2) is 15.6 Å². The molecule has 0 saturated carbocycles. The van der Waals surface area contributed by atoms with E-state index in [0.29, 0.717) is 6.42 Å². The minimum absolute atomic E-state index is 0.0215. The number of nitrogens with zero attached hydrogens (tertiary/aromatic N) is 2. The lowest BCUT2D eigenvalue weighted by atomic mass is 10.1. The third-order valence-electron chi connectivity index (χ3n) is 2.83. The Morgan fingerprint density at radius 2 is 1.67 bits per heavy atom. The first kappa shape index (κ1) is 14.4. The summed E-state index contributed by atoms with van der Waals surface area (Å²) in [7, 11) is 0. The summed E-state index contributed by atoms with van der Waals surface area (Å²) in [4.78, 5) is 31.5. The summed E-state index contributed by atoms with van der Waals surface area (Å²) in [6, 6.07) is 8.23. The molecule has 0 unspecified atom stereocenters. The quantitative estimate of drug-likeness (QED) is 0.458. The van der Waals surface area contributed by atoms with Crippen molar-refractivity contribution in [1.82, 2.24) is 0 Å². The molecule has 2 rings (SSSR count). The predicted molar refractivity (Wildman–Crippen MR) is 71.1 cm³/mol. The Kier molecular flexibility index (Phi) is 4.07. The van der Waals surface area contributed by atoms with Crippen molar-refractivity contribution in [2.75, 3.05) is 0 Å². The van der Waals surface area contributed by atoms with Crippen molar-refractivity contribution in [3.05, 3.63) is 68.0 Å². The van der Waals surface area contributed by atoms with E-state index in [-0.39, 0.29) is 23.7 Å². The molecule has 1 heterocycles. The third-order valence-corrected chi connectivity index (χ3v) is 2.83. The van der Waals surface area contributed by atoms with Gasteiger partial charge in [0.15, 0.2) is 11.5 Å². The first-order valence-electron chi connectivity index (χ1n) is 5.98. The minimum atomic E-state index is -0.715. The van der Waals surface area contributed by atoms with E-state index in [9.17, 15) is 25.0 Å². The number of ketones is 1. The first-order valence-corrected chi connectivity index (χ1v) is 5.98. The number of hydrogen-bond acceptors (Lipinski definition) is 6. The van der Waals surface area contributed by atoms with Gasteiger partial charge in [-0.3, -0.25) is 25.0 Å². The van der Waals surface area contributed by atoms with Crippen LogP contribution in [0.15, 0.2) is 40.8 Å². The van der Waals surface area contributed by atoms with E-state index < -0.39 is 15.7 Å². The fourth-order valence-corrected chi connectivity index (χ4v) is 1.74. The molecule has 0 bridgehead atoms. The van der Waals surface area contributed by atoms with Gasteiger partial charge >= 0.3 is 5.88 Å². The molecule has 0 aliphatic carbocycles. The molecule has 8 nitrogen and oxygen atoms in total. The molecule has 0 spiro atoms. The molecule has 1 aromatic carbocycles. The molecule has 0 amide bonds. The molecule has 0 fully saturated rings. The fraction of sp³-hybridized carbons (Fsp3) is 0.154. The molecule has 0 aliphatic rings. The highest BCUT2D eigenvalue weighted by Gasteiger charge is 2.17. The Bertz CT molecular complexity index is 689. The second-order valence-corrected chi connectivity index (χ2v) is 4.24. The summed E-state index contributed by atoms with van der Waals surface area (Å²) < 4.78 is 4.81. The topological polar surface area (TPSA) is 116 Å². The molecule has 21 heavy (non-hydrogen) atoms. The number of carbonyl (C=O) groups excluding carboxylic acids is 1. The number of hydrogen-bond donors (Lipinski definition) is 0. The van der Waals surface area contributed by atoms with Crippen LogP contribution < -0.4 is 0 Å². The summed E-state index contributed by atoms with van der Waals surface area (Å²) in [6.07, 6.45) is 0.466. The van der Waals surface area contributed by atoms with Gasteiger partial charge in [0, 0.05) is 18.6 Å². The zero-order valence-corrected chi connectivity index (χ0v) is 10.7. The van der Waals surface area contributed by atoms with Crippen LogP contribution in [-0.2, 0) is 6.42 Å². The number of nitro groups is 2. The van der Waals surface area contributed by atoms with Gasteiger partial charge in [0.1, 0.15) is 4.92 Å². The lowest BCUT2D eigenvalue weighted by Gasteiger charge is -1.99.